The molecule has 3 fully saturated rings. The summed E-state index contributed by atoms with van der Waals surface area (Å²) in [5.41, 5.74) is 1.01. The summed E-state index contributed by atoms with van der Waals surface area (Å²) in [6.45, 7) is 17.1. The number of rotatable bonds is 9. The molecule has 0 radical (unpaired) electrons. The number of para-hydroxylation sites is 2. The molecule has 0 saturated carbocycles. The van der Waals surface area contributed by atoms with Crippen LogP contribution >= 0.6 is 0 Å². The van der Waals surface area contributed by atoms with Crippen LogP contribution in [-0.2, 0) is 9.53 Å². The molecule has 3 aromatic rings. The Hall–Kier alpha value is -3.42. The number of carbonyl (C=O) groups is 1. The van der Waals surface area contributed by atoms with Crippen LogP contribution in [-0.4, -0.2) is 107 Å². The number of alkyl halides is 2. The van der Waals surface area contributed by atoms with E-state index in [1.807, 2.05) is 6.07 Å². The zero-order valence-corrected chi connectivity index (χ0v) is 28.5. The van der Waals surface area contributed by atoms with Crippen LogP contribution in [0.15, 0.2) is 30.3 Å². The van der Waals surface area contributed by atoms with Gasteiger partial charge in [-0.2, -0.15) is 9.97 Å². The minimum atomic E-state index is -2.78. The molecular weight excluding hydrogens is 604 g/mol. The van der Waals surface area contributed by atoms with Crippen molar-refractivity contribution in [3.05, 3.63) is 36.2 Å². The highest BCUT2D eigenvalue weighted by atomic mass is 19.3. The molecule has 2 aromatic heterocycles. The van der Waals surface area contributed by atoms with Crippen molar-refractivity contribution in [2.75, 3.05) is 62.3 Å². The number of nitrogens with one attached hydrogen (secondary N) is 2. The van der Waals surface area contributed by atoms with Crippen molar-refractivity contribution in [3.8, 4) is 5.95 Å². The highest BCUT2D eigenvalue weighted by Gasteiger charge is 2.29. The van der Waals surface area contributed by atoms with Crippen molar-refractivity contribution in [3.63, 3.8) is 0 Å². The third-order valence-electron chi connectivity index (χ3n) is 9.24. The maximum Gasteiger partial charge on any atom is 0.296 e. The fourth-order valence-corrected chi connectivity index (χ4v) is 6.82. The van der Waals surface area contributed by atoms with E-state index in [1.54, 1.807) is 24.3 Å². The fourth-order valence-electron chi connectivity index (χ4n) is 6.82. The van der Waals surface area contributed by atoms with Gasteiger partial charge in [0.2, 0.25) is 11.9 Å². The molecule has 258 valence electrons. The predicted molar refractivity (Wildman–Crippen MR) is 182 cm³/mol. The number of hydrogen-bond acceptors (Lipinski definition) is 9. The normalized spacial score (nSPS) is 19.3. The minimum absolute atomic E-state index is 0.0754. The molecule has 3 aliphatic rings. The molecule has 1 atom stereocenters. The molecular formula is C34H51F2N9O2. The summed E-state index contributed by atoms with van der Waals surface area (Å²) >= 11 is 0. The Kier molecular flexibility index (Phi) is 12.0. The molecule has 0 spiro atoms. The standard InChI is InChI=1S/C26H32F2N8O2.C8H19N/c27-23(28)24-31-18-4-1-2-6-20(18)36(24)26-32-21(16-22(33-26)35-12-14-38-15-13-35)34-10-7-17(8-11-34)30-25(37)19-5-3-9-29-19;1-6-9(7(2)3)8(4)5/h1-2,4,6,16-17,19,23,29H,3,5,7-15H2,(H,30,37);7-8H,6H2,1-5H3/t19-;/m0./s1. The number of fused-ring (bicyclic) bond motifs is 1. The first-order chi connectivity index (χ1) is 22.7. The smallest absolute Gasteiger partial charge is 0.296 e. The molecule has 47 heavy (non-hydrogen) atoms. The van der Waals surface area contributed by atoms with Gasteiger partial charge in [-0.1, -0.05) is 19.1 Å². The van der Waals surface area contributed by atoms with Gasteiger partial charge in [-0.25, -0.2) is 13.8 Å². The molecule has 6 rings (SSSR count). The highest BCUT2D eigenvalue weighted by Crippen LogP contribution is 2.30. The van der Waals surface area contributed by atoms with Gasteiger partial charge in [0.25, 0.3) is 6.43 Å². The van der Waals surface area contributed by atoms with Crippen LogP contribution in [0.2, 0.25) is 0 Å². The number of piperidine rings is 1. The van der Waals surface area contributed by atoms with Crippen LogP contribution in [0.4, 0.5) is 20.4 Å². The van der Waals surface area contributed by atoms with Gasteiger partial charge in [0.15, 0.2) is 5.82 Å². The number of aromatic nitrogens is 4. The number of carbonyl (C=O) groups excluding carboxylic acids is 1. The Balaban J connectivity index is 0.000000424. The summed E-state index contributed by atoms with van der Waals surface area (Å²) < 4.78 is 35.1. The van der Waals surface area contributed by atoms with Gasteiger partial charge in [-0.05, 0) is 78.6 Å². The number of hydrogen-bond donors (Lipinski definition) is 2. The first-order valence-electron chi connectivity index (χ1n) is 17.2. The summed E-state index contributed by atoms with van der Waals surface area (Å²) in [6, 6.07) is 10.4. The van der Waals surface area contributed by atoms with Crippen molar-refractivity contribution < 1.29 is 18.3 Å². The first kappa shape index (κ1) is 34.9. The van der Waals surface area contributed by atoms with Crippen LogP contribution in [0.1, 0.15) is 72.6 Å². The molecule has 13 heteroatoms. The molecule has 0 aliphatic carbocycles. The lowest BCUT2D eigenvalue weighted by Gasteiger charge is -2.34. The predicted octanol–water partition coefficient (Wildman–Crippen LogP) is 4.55. The van der Waals surface area contributed by atoms with Gasteiger partial charge in [0.1, 0.15) is 11.6 Å². The summed E-state index contributed by atoms with van der Waals surface area (Å²) in [7, 11) is 0. The minimum Gasteiger partial charge on any atom is -0.378 e. The SMILES string of the molecule is CCN(C(C)C)C(C)C.O=C(NC1CCN(c2cc(N3CCOCC3)nc(-n3c(C(F)F)nc4ccccc43)n2)CC1)[C@@H]1CCCN1. The van der Waals surface area contributed by atoms with E-state index >= 15 is 0 Å². The lowest BCUT2D eigenvalue weighted by atomic mass is 10.0. The third kappa shape index (κ3) is 8.55. The molecule has 0 bridgehead atoms. The van der Waals surface area contributed by atoms with Crippen LogP contribution < -0.4 is 20.4 Å². The molecule has 1 amide bonds. The maximum absolute atomic E-state index is 14.1. The van der Waals surface area contributed by atoms with Gasteiger partial charge >= 0.3 is 0 Å². The number of anilines is 2. The second kappa shape index (κ2) is 16.1. The van der Waals surface area contributed by atoms with E-state index in [0.717, 1.165) is 38.8 Å². The second-order valence-corrected chi connectivity index (χ2v) is 13.0. The summed E-state index contributed by atoms with van der Waals surface area (Å²) in [4.78, 5) is 33.0. The Labute approximate surface area is 277 Å². The number of amides is 1. The average Bonchev–Trinajstić information content (AvgIpc) is 3.75. The Morgan fingerprint density at radius 3 is 2.17 bits per heavy atom. The van der Waals surface area contributed by atoms with E-state index < -0.39 is 6.43 Å². The van der Waals surface area contributed by atoms with Crippen molar-refractivity contribution in [2.24, 2.45) is 0 Å². The van der Waals surface area contributed by atoms with E-state index in [1.165, 1.54) is 4.57 Å². The fraction of sp³-hybridized carbons (Fsp3) is 0.647. The second-order valence-electron chi connectivity index (χ2n) is 13.0. The van der Waals surface area contributed by atoms with Crippen LogP contribution in [0.3, 0.4) is 0 Å². The zero-order chi connectivity index (χ0) is 33.5. The van der Waals surface area contributed by atoms with Gasteiger partial charge in [0.05, 0.1) is 30.3 Å². The molecule has 5 heterocycles. The van der Waals surface area contributed by atoms with Crippen LogP contribution in [0, 0.1) is 0 Å². The van der Waals surface area contributed by atoms with Crippen molar-refractivity contribution in [2.45, 2.75) is 90.9 Å². The van der Waals surface area contributed by atoms with Crippen LogP contribution in [0.25, 0.3) is 17.0 Å². The van der Waals surface area contributed by atoms with Crippen molar-refractivity contribution in [1.29, 1.82) is 0 Å². The number of nitrogens with zero attached hydrogens (tertiary/aromatic N) is 7. The summed E-state index contributed by atoms with van der Waals surface area (Å²) in [5, 5.41) is 6.44. The summed E-state index contributed by atoms with van der Waals surface area (Å²) in [5.74, 6) is 1.23. The van der Waals surface area contributed by atoms with E-state index in [2.05, 4.69) is 64.9 Å². The van der Waals surface area contributed by atoms with E-state index in [9.17, 15) is 13.6 Å². The Bertz CT molecular complexity index is 1440. The van der Waals surface area contributed by atoms with E-state index in [4.69, 9.17) is 14.7 Å². The van der Waals surface area contributed by atoms with Crippen molar-refractivity contribution >= 4 is 28.6 Å². The molecule has 2 N–H and O–H groups in total. The number of morpholine rings is 1. The van der Waals surface area contributed by atoms with Crippen LogP contribution in [0.5, 0.6) is 0 Å². The maximum atomic E-state index is 14.1. The van der Waals surface area contributed by atoms with Gasteiger partial charge in [0, 0.05) is 50.4 Å². The molecule has 1 aromatic carbocycles. The molecule has 3 saturated heterocycles. The van der Waals surface area contributed by atoms with Gasteiger partial charge in [-0.3, -0.25) is 14.3 Å². The number of imidazole rings is 1. The van der Waals surface area contributed by atoms with Gasteiger partial charge < -0.3 is 25.2 Å². The van der Waals surface area contributed by atoms with Crippen molar-refractivity contribution in [1.82, 2.24) is 35.1 Å². The largest absolute Gasteiger partial charge is 0.378 e. The zero-order valence-electron chi connectivity index (χ0n) is 28.5. The third-order valence-corrected chi connectivity index (χ3v) is 9.24. The summed E-state index contributed by atoms with van der Waals surface area (Å²) in [6.07, 6.45) is 0.678. The lowest BCUT2D eigenvalue weighted by molar-refractivity contribution is -0.123. The number of halogens is 2. The molecule has 3 aliphatic heterocycles. The average molecular weight is 656 g/mol. The quantitative estimate of drug-likeness (QED) is 0.344. The van der Waals surface area contributed by atoms with Gasteiger partial charge in [-0.15, -0.1) is 0 Å². The first-order valence-corrected chi connectivity index (χ1v) is 17.2. The molecule has 0 unspecified atom stereocenters. The number of ether oxygens (including phenoxy) is 1. The lowest BCUT2D eigenvalue weighted by Crippen LogP contribution is -2.49. The highest BCUT2D eigenvalue weighted by molar-refractivity contribution is 5.82. The van der Waals surface area contributed by atoms with E-state index in [-0.39, 0.29) is 29.8 Å². The topological polar surface area (TPSA) is 104 Å². The van der Waals surface area contributed by atoms with E-state index in [0.29, 0.717) is 74.1 Å². The number of benzene rings is 1. The molecule has 11 nitrogen and oxygen atoms in total. The Morgan fingerprint density at radius 1 is 0.979 bits per heavy atom. The monoisotopic (exact) mass is 655 g/mol. The Morgan fingerprint density at radius 2 is 1.62 bits per heavy atom.